The van der Waals surface area contributed by atoms with E-state index in [9.17, 15) is 0 Å². The Morgan fingerprint density at radius 1 is 1.32 bits per heavy atom. The van der Waals surface area contributed by atoms with E-state index in [2.05, 4.69) is 15.1 Å². The van der Waals surface area contributed by atoms with Gasteiger partial charge in [-0.05, 0) is 12.1 Å². The quantitative estimate of drug-likeness (QED) is 0.697. The summed E-state index contributed by atoms with van der Waals surface area (Å²) in [6.07, 6.45) is 0. The molecule has 0 amide bonds. The minimum absolute atomic E-state index is 0.293. The van der Waals surface area contributed by atoms with Gasteiger partial charge >= 0.3 is 0 Å². The fraction of sp³-hybridized carbons (Fsp3) is 0.250. The molecule has 0 bridgehead atoms. The smallest absolute Gasteiger partial charge is 0.223 e. The number of aryl methyl sites for hydroxylation is 1. The Morgan fingerprint density at radius 2 is 2.16 bits per heavy atom. The van der Waals surface area contributed by atoms with Gasteiger partial charge in [0.2, 0.25) is 5.89 Å². The standard InChI is InChI=1S/C12H10Cl2N4O/c1-7-15-10(17-19-7)6-18-11(5-13)16-9-4-2-3-8(14)12(9)18/h2-4H,5-6H2,1H3. The first-order valence-electron chi connectivity index (χ1n) is 5.68. The van der Waals surface area contributed by atoms with Crippen molar-refractivity contribution < 1.29 is 4.52 Å². The fourth-order valence-electron chi connectivity index (χ4n) is 2.01. The number of halogens is 2. The van der Waals surface area contributed by atoms with Crippen molar-refractivity contribution in [3.05, 3.63) is 40.8 Å². The molecule has 0 aliphatic carbocycles. The van der Waals surface area contributed by atoms with Gasteiger partial charge in [-0.25, -0.2) is 4.98 Å². The summed E-state index contributed by atoms with van der Waals surface area (Å²) in [5.41, 5.74) is 1.64. The van der Waals surface area contributed by atoms with Crippen molar-refractivity contribution in [2.75, 3.05) is 0 Å². The van der Waals surface area contributed by atoms with Gasteiger partial charge in [-0.3, -0.25) is 0 Å². The van der Waals surface area contributed by atoms with Crippen molar-refractivity contribution in [3.63, 3.8) is 0 Å². The molecule has 7 heteroatoms. The number of imidazole rings is 1. The molecule has 0 unspecified atom stereocenters. The zero-order valence-electron chi connectivity index (χ0n) is 10.1. The second-order valence-corrected chi connectivity index (χ2v) is 4.76. The summed E-state index contributed by atoms with van der Waals surface area (Å²) in [6.45, 7) is 2.18. The van der Waals surface area contributed by atoms with Crippen LogP contribution in [0.1, 0.15) is 17.5 Å². The largest absolute Gasteiger partial charge is 0.340 e. The lowest BCUT2D eigenvalue weighted by Crippen LogP contribution is -2.05. The molecule has 0 N–H and O–H groups in total. The third kappa shape index (κ3) is 2.19. The molecular formula is C12H10Cl2N4O. The summed E-state index contributed by atoms with van der Waals surface area (Å²) in [7, 11) is 0. The third-order valence-corrected chi connectivity index (χ3v) is 3.33. The summed E-state index contributed by atoms with van der Waals surface area (Å²) in [4.78, 5) is 8.64. The fourth-order valence-corrected chi connectivity index (χ4v) is 2.48. The van der Waals surface area contributed by atoms with E-state index in [-0.39, 0.29) is 0 Å². The second kappa shape index (κ2) is 4.83. The van der Waals surface area contributed by atoms with Crippen LogP contribution in [0.4, 0.5) is 0 Å². The molecule has 3 rings (SSSR count). The van der Waals surface area contributed by atoms with Crippen LogP contribution in [0.5, 0.6) is 0 Å². The van der Waals surface area contributed by atoms with Crippen LogP contribution < -0.4 is 0 Å². The lowest BCUT2D eigenvalue weighted by molar-refractivity contribution is 0.386. The Labute approximate surface area is 119 Å². The van der Waals surface area contributed by atoms with Crippen LogP contribution in [0.15, 0.2) is 22.7 Å². The van der Waals surface area contributed by atoms with Crippen molar-refractivity contribution in [2.24, 2.45) is 0 Å². The van der Waals surface area contributed by atoms with Crippen molar-refractivity contribution in [3.8, 4) is 0 Å². The van der Waals surface area contributed by atoms with Gasteiger partial charge in [0, 0.05) is 6.92 Å². The van der Waals surface area contributed by atoms with Crippen molar-refractivity contribution in [2.45, 2.75) is 19.3 Å². The van der Waals surface area contributed by atoms with Crippen molar-refractivity contribution in [1.82, 2.24) is 19.7 Å². The van der Waals surface area contributed by atoms with Crippen LogP contribution in [0, 0.1) is 6.92 Å². The number of aromatic nitrogens is 4. The normalized spacial score (nSPS) is 11.3. The van der Waals surface area contributed by atoms with Crippen LogP contribution in [0.3, 0.4) is 0 Å². The van der Waals surface area contributed by atoms with Gasteiger partial charge in [0.25, 0.3) is 0 Å². The van der Waals surface area contributed by atoms with Crippen molar-refractivity contribution in [1.29, 1.82) is 0 Å². The highest BCUT2D eigenvalue weighted by atomic mass is 35.5. The minimum atomic E-state index is 0.293. The molecule has 0 spiro atoms. The lowest BCUT2D eigenvalue weighted by atomic mass is 10.3. The molecule has 0 fully saturated rings. The molecule has 19 heavy (non-hydrogen) atoms. The van der Waals surface area contributed by atoms with Crippen LogP contribution in [-0.4, -0.2) is 19.7 Å². The van der Waals surface area contributed by atoms with E-state index >= 15 is 0 Å². The Bertz CT molecular complexity index is 734. The maximum atomic E-state index is 6.24. The minimum Gasteiger partial charge on any atom is -0.340 e. The molecule has 2 heterocycles. The number of nitrogens with zero attached hydrogens (tertiary/aromatic N) is 4. The topological polar surface area (TPSA) is 56.7 Å². The highest BCUT2D eigenvalue weighted by Gasteiger charge is 2.15. The molecule has 5 nitrogen and oxygen atoms in total. The molecule has 0 aliphatic rings. The zero-order chi connectivity index (χ0) is 13.4. The Hall–Kier alpha value is -1.59. The van der Waals surface area contributed by atoms with Gasteiger partial charge in [-0.2, -0.15) is 4.98 Å². The molecule has 0 saturated carbocycles. The van der Waals surface area contributed by atoms with E-state index < -0.39 is 0 Å². The number of para-hydroxylation sites is 1. The Morgan fingerprint density at radius 3 is 2.84 bits per heavy atom. The number of hydrogen-bond donors (Lipinski definition) is 0. The number of fused-ring (bicyclic) bond motifs is 1. The monoisotopic (exact) mass is 296 g/mol. The molecule has 98 valence electrons. The number of benzene rings is 1. The summed E-state index contributed by atoms with van der Waals surface area (Å²) in [5, 5.41) is 4.51. The maximum absolute atomic E-state index is 6.24. The van der Waals surface area contributed by atoms with E-state index in [0.717, 1.165) is 16.9 Å². The van der Waals surface area contributed by atoms with Gasteiger partial charge in [0.15, 0.2) is 5.82 Å². The second-order valence-electron chi connectivity index (χ2n) is 4.08. The first-order valence-corrected chi connectivity index (χ1v) is 6.59. The first-order chi connectivity index (χ1) is 9.19. The Balaban J connectivity index is 2.15. The average molecular weight is 297 g/mol. The molecule has 0 aliphatic heterocycles. The zero-order valence-corrected chi connectivity index (χ0v) is 11.6. The third-order valence-electron chi connectivity index (χ3n) is 2.79. The lowest BCUT2D eigenvalue weighted by Gasteiger charge is -2.05. The highest BCUT2D eigenvalue weighted by Crippen LogP contribution is 2.25. The molecule has 2 aromatic heterocycles. The van der Waals surface area contributed by atoms with Crippen molar-refractivity contribution >= 4 is 34.2 Å². The maximum Gasteiger partial charge on any atom is 0.223 e. The SMILES string of the molecule is Cc1nc(Cn2c(CCl)nc3cccc(Cl)c32)no1. The Kier molecular flexibility index (Phi) is 3.16. The van der Waals surface area contributed by atoms with Gasteiger partial charge < -0.3 is 9.09 Å². The molecule has 1 aromatic carbocycles. The van der Waals surface area contributed by atoms with Gasteiger partial charge in [-0.1, -0.05) is 22.8 Å². The number of rotatable bonds is 3. The predicted molar refractivity (Wildman–Crippen MR) is 72.4 cm³/mol. The van der Waals surface area contributed by atoms with Gasteiger partial charge in [-0.15, -0.1) is 11.6 Å². The van der Waals surface area contributed by atoms with Crippen LogP contribution in [0.25, 0.3) is 11.0 Å². The van der Waals surface area contributed by atoms with Crippen LogP contribution in [-0.2, 0) is 12.4 Å². The summed E-state index contributed by atoms with van der Waals surface area (Å²) < 4.78 is 6.88. The molecule has 3 aromatic rings. The molecule has 0 saturated heterocycles. The number of alkyl halides is 1. The number of hydrogen-bond acceptors (Lipinski definition) is 4. The van der Waals surface area contributed by atoms with E-state index in [1.807, 2.05) is 22.8 Å². The van der Waals surface area contributed by atoms with E-state index in [1.54, 1.807) is 6.92 Å². The summed E-state index contributed by atoms with van der Waals surface area (Å²) in [5.74, 6) is 2.12. The van der Waals surface area contributed by atoms with Crippen LogP contribution >= 0.6 is 23.2 Å². The van der Waals surface area contributed by atoms with E-state index in [0.29, 0.717) is 29.2 Å². The van der Waals surface area contributed by atoms with E-state index in [4.69, 9.17) is 27.7 Å². The molecular weight excluding hydrogens is 287 g/mol. The van der Waals surface area contributed by atoms with Gasteiger partial charge in [0.1, 0.15) is 5.82 Å². The molecule has 0 radical (unpaired) electrons. The molecule has 0 atom stereocenters. The van der Waals surface area contributed by atoms with Gasteiger partial charge in [0.05, 0.1) is 28.5 Å². The average Bonchev–Trinajstić information content (AvgIpc) is 2.95. The van der Waals surface area contributed by atoms with Crippen LogP contribution in [0.2, 0.25) is 5.02 Å². The summed E-state index contributed by atoms with van der Waals surface area (Å²) in [6, 6.07) is 5.58. The van der Waals surface area contributed by atoms with E-state index in [1.165, 1.54) is 0 Å². The predicted octanol–water partition coefficient (Wildman–Crippen LogP) is 3.17. The first kappa shape index (κ1) is 12.4. The summed E-state index contributed by atoms with van der Waals surface area (Å²) >= 11 is 12.2. The highest BCUT2D eigenvalue weighted by molar-refractivity contribution is 6.35.